The molecule has 1 aliphatic heterocycles. The number of furan rings is 1. The van der Waals surface area contributed by atoms with Crippen molar-refractivity contribution >= 4 is 24.8 Å². The Hall–Kier alpha value is -0.470. The van der Waals surface area contributed by atoms with Crippen molar-refractivity contribution in [3.63, 3.8) is 0 Å². The highest BCUT2D eigenvalue weighted by Crippen LogP contribution is 2.38. The third kappa shape index (κ3) is 4.53. The highest BCUT2D eigenvalue weighted by atomic mass is 35.5. The Kier molecular flexibility index (Phi) is 7.90. The van der Waals surface area contributed by atoms with Crippen molar-refractivity contribution < 1.29 is 22.7 Å². The fourth-order valence-corrected chi connectivity index (χ4v) is 2.12. The minimum atomic E-state index is -4.39. The maximum atomic E-state index is 13.1. The molecule has 0 radical (unpaired) electrons. The molecular formula is C11H17Cl2F3N2O2. The molecular weight excluding hydrogens is 320 g/mol. The maximum absolute atomic E-state index is 13.1. The van der Waals surface area contributed by atoms with Crippen LogP contribution in [0.5, 0.6) is 0 Å². The van der Waals surface area contributed by atoms with Crippen LogP contribution in [0.25, 0.3) is 0 Å². The van der Waals surface area contributed by atoms with Gasteiger partial charge in [-0.2, -0.15) is 13.2 Å². The number of alkyl halides is 3. The van der Waals surface area contributed by atoms with Crippen LogP contribution >= 0.6 is 24.8 Å². The molecule has 0 spiro atoms. The number of nitrogens with one attached hydrogen (secondary N) is 1. The van der Waals surface area contributed by atoms with Crippen LogP contribution in [0.1, 0.15) is 17.6 Å². The van der Waals surface area contributed by atoms with Gasteiger partial charge in [0.05, 0.1) is 0 Å². The van der Waals surface area contributed by atoms with E-state index < -0.39 is 18.8 Å². The lowest BCUT2D eigenvalue weighted by atomic mass is 10.1. The summed E-state index contributed by atoms with van der Waals surface area (Å²) in [5.74, 6) is -0.0113. The first-order valence-corrected chi connectivity index (χ1v) is 5.73. The number of rotatable bonds is 3. The monoisotopic (exact) mass is 336 g/mol. The summed E-state index contributed by atoms with van der Waals surface area (Å²) in [6, 6.07) is 0.919. The standard InChI is InChI=1S/C11H15F3N2O2.2ClH/c12-11(13,14)10(16-5-3-15-4-6-16)9-2-1-8(7-17)18-9;;/h1-2,10,15,17H,3-7H2;2*1H/t10-;;/m1../s1. The van der Waals surface area contributed by atoms with Gasteiger partial charge in [0, 0.05) is 26.2 Å². The fraction of sp³-hybridized carbons (Fsp3) is 0.636. The van der Waals surface area contributed by atoms with Gasteiger partial charge in [0.25, 0.3) is 0 Å². The van der Waals surface area contributed by atoms with Gasteiger partial charge < -0.3 is 14.8 Å². The van der Waals surface area contributed by atoms with E-state index in [1.165, 1.54) is 17.0 Å². The fourth-order valence-electron chi connectivity index (χ4n) is 2.12. The highest BCUT2D eigenvalue weighted by molar-refractivity contribution is 5.85. The average Bonchev–Trinajstić information content (AvgIpc) is 2.77. The van der Waals surface area contributed by atoms with Crippen LogP contribution in [0.3, 0.4) is 0 Å². The van der Waals surface area contributed by atoms with E-state index in [1.807, 2.05) is 0 Å². The Balaban J connectivity index is 0.00000180. The first-order chi connectivity index (χ1) is 8.52. The number of aliphatic hydroxyl groups is 1. The van der Waals surface area contributed by atoms with Crippen LogP contribution in [-0.2, 0) is 6.61 Å². The van der Waals surface area contributed by atoms with Gasteiger partial charge in [-0.3, -0.25) is 4.90 Å². The second kappa shape index (κ2) is 8.09. The van der Waals surface area contributed by atoms with Gasteiger partial charge in [-0.25, -0.2) is 0 Å². The summed E-state index contributed by atoms with van der Waals surface area (Å²) in [4.78, 5) is 1.34. The largest absolute Gasteiger partial charge is 0.462 e. The van der Waals surface area contributed by atoms with Gasteiger partial charge >= 0.3 is 6.18 Å². The molecule has 0 aromatic carbocycles. The average molecular weight is 337 g/mol. The van der Waals surface area contributed by atoms with E-state index in [9.17, 15) is 13.2 Å². The highest BCUT2D eigenvalue weighted by Gasteiger charge is 2.46. The minimum Gasteiger partial charge on any atom is -0.462 e. The molecule has 9 heteroatoms. The normalized spacial score (nSPS) is 18.0. The molecule has 1 aromatic heterocycles. The summed E-state index contributed by atoms with van der Waals surface area (Å²) >= 11 is 0. The summed E-state index contributed by atoms with van der Waals surface area (Å²) in [5.41, 5.74) is 0. The quantitative estimate of drug-likeness (QED) is 0.887. The van der Waals surface area contributed by atoms with Crippen LogP contribution in [-0.4, -0.2) is 42.4 Å². The van der Waals surface area contributed by atoms with Crippen molar-refractivity contribution in [3.8, 4) is 0 Å². The molecule has 1 fully saturated rings. The molecule has 1 saturated heterocycles. The Morgan fingerprint density at radius 1 is 1.25 bits per heavy atom. The summed E-state index contributed by atoms with van der Waals surface area (Å²) in [7, 11) is 0. The van der Waals surface area contributed by atoms with E-state index in [-0.39, 0.29) is 36.3 Å². The van der Waals surface area contributed by atoms with Crippen LogP contribution in [0.15, 0.2) is 16.5 Å². The molecule has 2 rings (SSSR count). The third-order valence-electron chi connectivity index (χ3n) is 2.93. The lowest BCUT2D eigenvalue weighted by molar-refractivity contribution is -0.192. The molecule has 2 heterocycles. The first-order valence-electron chi connectivity index (χ1n) is 5.73. The Morgan fingerprint density at radius 2 is 1.85 bits per heavy atom. The first kappa shape index (κ1) is 19.5. The van der Waals surface area contributed by atoms with Gasteiger partial charge in [0.15, 0.2) is 6.04 Å². The molecule has 20 heavy (non-hydrogen) atoms. The molecule has 0 bridgehead atoms. The topological polar surface area (TPSA) is 48.6 Å². The van der Waals surface area contributed by atoms with Gasteiger partial charge in [-0.15, -0.1) is 24.8 Å². The molecule has 1 atom stereocenters. The number of nitrogens with zero attached hydrogens (tertiary/aromatic N) is 1. The van der Waals surface area contributed by atoms with Gasteiger partial charge in [-0.05, 0) is 12.1 Å². The second-order valence-corrected chi connectivity index (χ2v) is 4.19. The molecule has 0 unspecified atom stereocenters. The van der Waals surface area contributed by atoms with E-state index in [2.05, 4.69) is 5.32 Å². The molecule has 0 saturated carbocycles. The van der Waals surface area contributed by atoms with E-state index in [0.717, 1.165) is 0 Å². The van der Waals surface area contributed by atoms with Crippen molar-refractivity contribution in [1.82, 2.24) is 10.2 Å². The lowest BCUT2D eigenvalue weighted by Gasteiger charge is -2.34. The summed E-state index contributed by atoms with van der Waals surface area (Å²) < 4.78 is 44.4. The minimum absolute atomic E-state index is 0. The van der Waals surface area contributed by atoms with E-state index >= 15 is 0 Å². The number of halogens is 5. The van der Waals surface area contributed by atoms with E-state index in [4.69, 9.17) is 9.52 Å². The molecule has 118 valence electrons. The lowest BCUT2D eigenvalue weighted by Crippen LogP contribution is -2.48. The Labute approximate surface area is 127 Å². The maximum Gasteiger partial charge on any atom is 0.411 e. The van der Waals surface area contributed by atoms with Crippen molar-refractivity contribution in [3.05, 3.63) is 23.7 Å². The molecule has 1 aromatic rings. The van der Waals surface area contributed by atoms with Crippen LogP contribution in [0.2, 0.25) is 0 Å². The van der Waals surface area contributed by atoms with Gasteiger partial charge in [0.1, 0.15) is 18.1 Å². The Morgan fingerprint density at radius 3 is 2.30 bits per heavy atom. The molecule has 4 nitrogen and oxygen atoms in total. The number of hydrogen-bond donors (Lipinski definition) is 2. The Bertz CT molecular complexity index is 395. The van der Waals surface area contributed by atoms with E-state index in [1.54, 1.807) is 0 Å². The van der Waals surface area contributed by atoms with Crippen LogP contribution in [0.4, 0.5) is 13.2 Å². The summed E-state index contributed by atoms with van der Waals surface area (Å²) in [6.07, 6.45) is -4.39. The third-order valence-corrected chi connectivity index (χ3v) is 2.93. The van der Waals surface area contributed by atoms with Crippen molar-refractivity contribution in [2.45, 2.75) is 18.8 Å². The molecule has 1 aliphatic rings. The second-order valence-electron chi connectivity index (χ2n) is 4.19. The van der Waals surface area contributed by atoms with Crippen LogP contribution < -0.4 is 5.32 Å². The number of aliphatic hydroxyl groups excluding tert-OH is 1. The zero-order valence-electron chi connectivity index (χ0n) is 10.5. The summed E-state index contributed by atoms with van der Waals surface area (Å²) in [5, 5.41) is 11.9. The van der Waals surface area contributed by atoms with Gasteiger partial charge in [0.2, 0.25) is 0 Å². The van der Waals surface area contributed by atoms with Crippen molar-refractivity contribution in [1.29, 1.82) is 0 Å². The van der Waals surface area contributed by atoms with Crippen LogP contribution in [0, 0.1) is 0 Å². The molecule has 0 aliphatic carbocycles. The predicted octanol–water partition coefficient (Wildman–Crippen LogP) is 2.12. The summed E-state index contributed by atoms with van der Waals surface area (Å²) in [6.45, 7) is 1.30. The van der Waals surface area contributed by atoms with Crippen molar-refractivity contribution in [2.24, 2.45) is 0 Å². The number of hydrogen-bond acceptors (Lipinski definition) is 4. The zero-order valence-corrected chi connectivity index (χ0v) is 12.2. The molecule has 0 amide bonds. The molecule has 2 N–H and O–H groups in total. The SMILES string of the molecule is Cl.Cl.OCc1ccc([C@@H](N2CCNCC2)C(F)(F)F)o1. The van der Waals surface area contributed by atoms with Gasteiger partial charge in [-0.1, -0.05) is 0 Å². The smallest absolute Gasteiger partial charge is 0.411 e. The van der Waals surface area contributed by atoms with Crippen molar-refractivity contribution in [2.75, 3.05) is 26.2 Å². The number of piperazine rings is 1. The van der Waals surface area contributed by atoms with E-state index in [0.29, 0.717) is 26.2 Å². The predicted molar refractivity (Wildman–Crippen MR) is 72.4 cm³/mol. The zero-order chi connectivity index (χ0) is 13.2.